The van der Waals surface area contributed by atoms with Crippen LogP contribution in [0.1, 0.15) is 44.1 Å². The lowest BCUT2D eigenvalue weighted by atomic mass is 10.2. The van der Waals surface area contributed by atoms with E-state index >= 15 is 0 Å². The summed E-state index contributed by atoms with van der Waals surface area (Å²) in [5, 5.41) is 4.64. The van der Waals surface area contributed by atoms with Crippen LogP contribution in [0.3, 0.4) is 0 Å². The van der Waals surface area contributed by atoms with E-state index in [9.17, 15) is 0 Å². The van der Waals surface area contributed by atoms with Crippen molar-refractivity contribution in [3.8, 4) is 0 Å². The molecule has 1 aliphatic rings. The van der Waals surface area contributed by atoms with Gasteiger partial charge in [-0.2, -0.15) is 0 Å². The van der Waals surface area contributed by atoms with Gasteiger partial charge in [0.15, 0.2) is 11.5 Å². The van der Waals surface area contributed by atoms with Crippen molar-refractivity contribution in [3.63, 3.8) is 0 Å². The van der Waals surface area contributed by atoms with Gasteiger partial charge in [-0.05, 0) is 44.9 Å². The van der Waals surface area contributed by atoms with Crippen molar-refractivity contribution in [3.05, 3.63) is 29.7 Å². The molecule has 5 nitrogen and oxygen atoms in total. The molecule has 0 saturated carbocycles. The first kappa shape index (κ1) is 12.6. The number of rotatable bonds is 3. The molecule has 3 rings (SSSR count). The van der Waals surface area contributed by atoms with E-state index in [1.165, 1.54) is 6.42 Å². The molecule has 2 aromatic heterocycles. The summed E-state index contributed by atoms with van der Waals surface area (Å²) in [6, 6.07) is 4.91. The molecule has 1 saturated heterocycles. The maximum atomic E-state index is 5.66. The largest absolute Gasteiger partial charge is 0.326 e. The van der Waals surface area contributed by atoms with Crippen molar-refractivity contribution in [2.24, 2.45) is 5.73 Å². The first-order valence-corrected chi connectivity index (χ1v) is 7.00. The monoisotopic (exact) mass is 259 g/mol. The van der Waals surface area contributed by atoms with E-state index in [0.717, 1.165) is 30.0 Å². The fourth-order valence-electron chi connectivity index (χ4n) is 2.89. The Morgan fingerprint density at radius 1 is 1.42 bits per heavy atom. The van der Waals surface area contributed by atoms with Crippen molar-refractivity contribution in [1.29, 1.82) is 0 Å². The van der Waals surface area contributed by atoms with E-state index < -0.39 is 0 Å². The third kappa shape index (κ3) is 2.24. The third-order valence-corrected chi connectivity index (χ3v) is 3.90. The molecule has 1 unspecified atom stereocenters. The van der Waals surface area contributed by atoms with Gasteiger partial charge in [-0.25, -0.2) is 9.50 Å². The Morgan fingerprint density at radius 2 is 2.26 bits per heavy atom. The van der Waals surface area contributed by atoms with E-state index in [4.69, 9.17) is 5.73 Å². The fourth-order valence-corrected chi connectivity index (χ4v) is 2.89. The van der Waals surface area contributed by atoms with E-state index in [0.29, 0.717) is 18.6 Å². The fraction of sp³-hybridized carbons (Fsp3) is 0.571. The van der Waals surface area contributed by atoms with Crippen molar-refractivity contribution in [2.45, 2.75) is 45.3 Å². The molecule has 0 amide bonds. The molecule has 0 bridgehead atoms. The first-order valence-electron chi connectivity index (χ1n) is 7.00. The van der Waals surface area contributed by atoms with Gasteiger partial charge in [0.05, 0.1) is 6.04 Å². The van der Waals surface area contributed by atoms with Crippen LogP contribution in [-0.2, 0) is 6.54 Å². The van der Waals surface area contributed by atoms with Crippen LogP contribution in [0, 0.1) is 0 Å². The maximum Gasteiger partial charge on any atom is 0.168 e. The number of fused-ring (bicyclic) bond motifs is 1. The predicted molar refractivity (Wildman–Crippen MR) is 74.7 cm³/mol. The van der Waals surface area contributed by atoms with Crippen LogP contribution < -0.4 is 5.73 Å². The average Bonchev–Trinajstić information content (AvgIpc) is 3.03. The van der Waals surface area contributed by atoms with Crippen molar-refractivity contribution < 1.29 is 0 Å². The molecule has 19 heavy (non-hydrogen) atoms. The molecule has 0 spiro atoms. The minimum absolute atomic E-state index is 0.362. The zero-order valence-electron chi connectivity index (χ0n) is 11.6. The lowest BCUT2D eigenvalue weighted by molar-refractivity contribution is 0.199. The maximum absolute atomic E-state index is 5.66. The minimum atomic E-state index is 0.362. The molecule has 1 fully saturated rings. The van der Waals surface area contributed by atoms with Crippen molar-refractivity contribution in [2.75, 3.05) is 6.54 Å². The lowest BCUT2D eigenvalue weighted by Crippen LogP contribution is -2.30. The molecule has 102 valence electrons. The quantitative estimate of drug-likeness (QED) is 0.912. The summed E-state index contributed by atoms with van der Waals surface area (Å²) in [4.78, 5) is 7.16. The topological polar surface area (TPSA) is 59.5 Å². The number of hydrogen-bond donors (Lipinski definition) is 1. The Labute approximate surface area is 113 Å². The van der Waals surface area contributed by atoms with Crippen LogP contribution in [0.25, 0.3) is 5.65 Å². The first-order chi connectivity index (χ1) is 9.19. The Morgan fingerprint density at radius 3 is 3.00 bits per heavy atom. The van der Waals surface area contributed by atoms with Crippen molar-refractivity contribution in [1.82, 2.24) is 19.5 Å². The van der Waals surface area contributed by atoms with Gasteiger partial charge in [0, 0.05) is 18.8 Å². The highest BCUT2D eigenvalue weighted by atomic mass is 15.3. The van der Waals surface area contributed by atoms with E-state index in [1.54, 1.807) is 0 Å². The third-order valence-electron chi connectivity index (χ3n) is 3.90. The average molecular weight is 259 g/mol. The zero-order chi connectivity index (χ0) is 13.4. The van der Waals surface area contributed by atoms with Gasteiger partial charge in [-0.1, -0.05) is 6.07 Å². The summed E-state index contributed by atoms with van der Waals surface area (Å²) in [6.07, 6.45) is 4.35. The van der Waals surface area contributed by atoms with E-state index in [1.807, 2.05) is 22.8 Å². The Bertz CT molecular complexity index is 574. The molecule has 3 heterocycles. The van der Waals surface area contributed by atoms with Gasteiger partial charge in [0.2, 0.25) is 0 Å². The second-order valence-electron chi connectivity index (χ2n) is 5.50. The number of nitrogens with two attached hydrogens (primary N) is 1. The van der Waals surface area contributed by atoms with Gasteiger partial charge >= 0.3 is 0 Å². The highest BCUT2D eigenvalue weighted by Gasteiger charge is 2.30. The summed E-state index contributed by atoms with van der Waals surface area (Å²) < 4.78 is 1.86. The molecule has 1 aliphatic heterocycles. The normalized spacial score (nSPS) is 20.7. The van der Waals surface area contributed by atoms with Crippen LogP contribution in [0.15, 0.2) is 18.3 Å². The summed E-state index contributed by atoms with van der Waals surface area (Å²) in [6.45, 7) is 6.15. The molecule has 0 radical (unpaired) electrons. The van der Waals surface area contributed by atoms with Crippen LogP contribution in [-0.4, -0.2) is 32.1 Å². The molecule has 2 aromatic rings. The number of pyridine rings is 1. The molecule has 0 aromatic carbocycles. The number of hydrogen-bond acceptors (Lipinski definition) is 4. The summed E-state index contributed by atoms with van der Waals surface area (Å²) in [5.41, 5.74) is 7.65. The number of nitrogens with zero attached hydrogens (tertiary/aromatic N) is 4. The molecule has 5 heteroatoms. The van der Waals surface area contributed by atoms with Gasteiger partial charge in [-0.15, -0.1) is 5.10 Å². The molecular formula is C14H21N5. The molecular weight excluding hydrogens is 238 g/mol. The number of aromatic nitrogens is 3. The second-order valence-corrected chi connectivity index (χ2v) is 5.50. The van der Waals surface area contributed by atoms with Crippen LogP contribution in [0.2, 0.25) is 0 Å². The van der Waals surface area contributed by atoms with Crippen LogP contribution >= 0.6 is 0 Å². The zero-order valence-corrected chi connectivity index (χ0v) is 11.6. The highest BCUT2D eigenvalue weighted by molar-refractivity contribution is 5.39. The van der Waals surface area contributed by atoms with Gasteiger partial charge in [0.1, 0.15) is 0 Å². The summed E-state index contributed by atoms with van der Waals surface area (Å²) >= 11 is 0. The van der Waals surface area contributed by atoms with E-state index in [-0.39, 0.29) is 0 Å². The standard InChI is InChI=1S/C14H21N5/c1-10(2)18-7-3-4-12(18)14-16-13-6-5-11(8-15)9-19(13)17-14/h5-6,9-10,12H,3-4,7-8,15H2,1-2H3. The lowest BCUT2D eigenvalue weighted by Gasteiger charge is -2.25. The molecule has 1 atom stereocenters. The summed E-state index contributed by atoms with van der Waals surface area (Å²) in [5.74, 6) is 0.945. The van der Waals surface area contributed by atoms with Gasteiger partial charge < -0.3 is 5.73 Å². The smallest absolute Gasteiger partial charge is 0.168 e. The number of likely N-dealkylation sites (tertiary alicyclic amines) is 1. The van der Waals surface area contributed by atoms with Gasteiger partial charge in [0.25, 0.3) is 0 Å². The Kier molecular flexibility index (Phi) is 3.24. The Balaban J connectivity index is 1.96. The van der Waals surface area contributed by atoms with Crippen molar-refractivity contribution >= 4 is 5.65 Å². The molecule has 2 N–H and O–H groups in total. The SMILES string of the molecule is CC(C)N1CCCC1c1nc2ccc(CN)cn2n1. The van der Waals surface area contributed by atoms with Gasteiger partial charge in [-0.3, -0.25) is 4.90 Å². The Hall–Kier alpha value is -1.46. The highest BCUT2D eigenvalue weighted by Crippen LogP contribution is 2.31. The second kappa shape index (κ2) is 4.90. The van der Waals surface area contributed by atoms with E-state index in [2.05, 4.69) is 28.8 Å². The minimum Gasteiger partial charge on any atom is -0.326 e. The van der Waals surface area contributed by atoms with Crippen LogP contribution in [0.4, 0.5) is 0 Å². The summed E-state index contributed by atoms with van der Waals surface area (Å²) in [7, 11) is 0. The van der Waals surface area contributed by atoms with Crippen LogP contribution in [0.5, 0.6) is 0 Å². The predicted octanol–water partition coefficient (Wildman–Crippen LogP) is 1.73. The molecule has 0 aliphatic carbocycles.